The minimum Gasteiger partial charge on any atom is -0.396 e. The van der Waals surface area contributed by atoms with Gasteiger partial charge >= 0.3 is 0 Å². The van der Waals surface area contributed by atoms with E-state index in [1.54, 1.807) is 0 Å². The van der Waals surface area contributed by atoms with Gasteiger partial charge in [0.25, 0.3) is 0 Å². The zero-order valence-electron chi connectivity index (χ0n) is 14.1. The molecule has 0 aromatic carbocycles. The van der Waals surface area contributed by atoms with Crippen molar-refractivity contribution in [3.05, 3.63) is 11.4 Å². The second-order valence-corrected chi connectivity index (χ2v) is 5.58. The van der Waals surface area contributed by atoms with Crippen molar-refractivity contribution in [2.75, 3.05) is 29.9 Å². The maximum atomic E-state index is 9.11. The Kier molecular flexibility index (Phi) is 7.43. The number of aromatic nitrogens is 2. The Balaban J connectivity index is 3.17. The molecular formula is C16H30N4O. The SMILES string of the molecule is CCCNc1nc(CC)nc(N(CCCO)C(C)C)c1C. The molecule has 1 rings (SSSR count). The van der Waals surface area contributed by atoms with Crippen molar-refractivity contribution in [3.63, 3.8) is 0 Å². The number of nitrogens with zero attached hydrogens (tertiary/aromatic N) is 3. The first-order chi connectivity index (χ1) is 10.0. The highest BCUT2D eigenvalue weighted by atomic mass is 16.3. The number of aliphatic hydroxyl groups excluding tert-OH is 1. The van der Waals surface area contributed by atoms with Crippen LogP contribution in [0.3, 0.4) is 0 Å². The Hall–Kier alpha value is -1.36. The van der Waals surface area contributed by atoms with Gasteiger partial charge in [0.05, 0.1) is 0 Å². The first kappa shape index (κ1) is 17.7. The highest BCUT2D eigenvalue weighted by Gasteiger charge is 2.18. The number of anilines is 2. The zero-order chi connectivity index (χ0) is 15.8. The van der Waals surface area contributed by atoms with Crippen LogP contribution in [0, 0.1) is 6.92 Å². The van der Waals surface area contributed by atoms with Crippen LogP contribution in [0.2, 0.25) is 0 Å². The Bertz CT molecular complexity index is 435. The largest absolute Gasteiger partial charge is 0.396 e. The average Bonchev–Trinajstić information content (AvgIpc) is 2.47. The lowest BCUT2D eigenvalue weighted by molar-refractivity contribution is 0.288. The summed E-state index contributed by atoms with van der Waals surface area (Å²) in [5, 5.41) is 12.5. The minimum atomic E-state index is 0.203. The normalized spacial score (nSPS) is 11.0. The van der Waals surface area contributed by atoms with Gasteiger partial charge < -0.3 is 15.3 Å². The van der Waals surface area contributed by atoms with Crippen molar-refractivity contribution < 1.29 is 5.11 Å². The van der Waals surface area contributed by atoms with Gasteiger partial charge in [-0.3, -0.25) is 0 Å². The number of nitrogens with one attached hydrogen (secondary N) is 1. The fourth-order valence-corrected chi connectivity index (χ4v) is 2.25. The van der Waals surface area contributed by atoms with Crippen molar-refractivity contribution in [3.8, 4) is 0 Å². The van der Waals surface area contributed by atoms with Crippen LogP contribution in [0.25, 0.3) is 0 Å². The van der Waals surface area contributed by atoms with Crippen molar-refractivity contribution >= 4 is 11.6 Å². The Morgan fingerprint density at radius 1 is 1.24 bits per heavy atom. The lowest BCUT2D eigenvalue weighted by Crippen LogP contribution is -2.34. The third-order valence-corrected chi connectivity index (χ3v) is 3.48. The second kappa shape index (κ2) is 8.82. The van der Waals surface area contributed by atoms with Crippen molar-refractivity contribution in [2.45, 2.75) is 59.9 Å². The quantitative estimate of drug-likeness (QED) is 0.733. The highest BCUT2D eigenvalue weighted by Crippen LogP contribution is 2.25. The molecule has 5 nitrogen and oxygen atoms in total. The van der Waals surface area contributed by atoms with E-state index in [0.29, 0.717) is 6.04 Å². The van der Waals surface area contributed by atoms with Crippen LogP contribution < -0.4 is 10.2 Å². The van der Waals surface area contributed by atoms with Gasteiger partial charge in [-0.15, -0.1) is 0 Å². The van der Waals surface area contributed by atoms with Crippen LogP contribution in [0.15, 0.2) is 0 Å². The molecule has 0 saturated carbocycles. The van der Waals surface area contributed by atoms with Crippen LogP contribution >= 0.6 is 0 Å². The maximum absolute atomic E-state index is 9.11. The van der Waals surface area contributed by atoms with E-state index in [1.165, 1.54) is 0 Å². The van der Waals surface area contributed by atoms with Crippen LogP contribution in [-0.2, 0) is 6.42 Å². The summed E-state index contributed by atoms with van der Waals surface area (Å²) in [5.74, 6) is 2.79. The van der Waals surface area contributed by atoms with E-state index in [-0.39, 0.29) is 6.61 Å². The van der Waals surface area contributed by atoms with Gasteiger partial charge in [0.15, 0.2) is 0 Å². The molecule has 1 heterocycles. The molecule has 0 aliphatic carbocycles. The molecule has 0 saturated heterocycles. The van der Waals surface area contributed by atoms with E-state index in [0.717, 1.165) is 55.4 Å². The van der Waals surface area contributed by atoms with Crippen LogP contribution in [-0.4, -0.2) is 40.8 Å². The molecule has 0 spiro atoms. The summed E-state index contributed by atoms with van der Waals surface area (Å²) in [4.78, 5) is 11.6. The van der Waals surface area contributed by atoms with Crippen molar-refractivity contribution in [1.82, 2.24) is 9.97 Å². The molecule has 2 N–H and O–H groups in total. The molecule has 0 fully saturated rings. The average molecular weight is 294 g/mol. The summed E-state index contributed by atoms with van der Waals surface area (Å²) in [7, 11) is 0. The molecule has 5 heteroatoms. The monoisotopic (exact) mass is 294 g/mol. The van der Waals surface area contributed by atoms with E-state index in [2.05, 4.69) is 49.8 Å². The molecule has 1 aromatic rings. The topological polar surface area (TPSA) is 61.3 Å². The minimum absolute atomic E-state index is 0.203. The first-order valence-electron chi connectivity index (χ1n) is 8.03. The molecule has 0 unspecified atom stereocenters. The summed E-state index contributed by atoms with van der Waals surface area (Å²) >= 11 is 0. The molecule has 0 aliphatic heterocycles. The lowest BCUT2D eigenvalue weighted by atomic mass is 10.2. The van der Waals surface area contributed by atoms with Crippen LogP contribution in [0.4, 0.5) is 11.6 Å². The number of aliphatic hydroxyl groups is 1. The third kappa shape index (κ3) is 4.84. The number of aryl methyl sites for hydroxylation is 1. The summed E-state index contributed by atoms with van der Waals surface area (Å²) in [5.41, 5.74) is 1.09. The summed E-state index contributed by atoms with van der Waals surface area (Å²) in [6.07, 6.45) is 2.64. The standard InChI is InChI=1S/C16H30N4O/c1-6-9-17-15-13(5)16(19-14(7-2)18-15)20(12(3)4)10-8-11-21/h12,21H,6-11H2,1-5H3,(H,17,18,19). The van der Waals surface area contributed by atoms with E-state index < -0.39 is 0 Å². The van der Waals surface area contributed by atoms with Gasteiger partial charge in [-0.2, -0.15) is 0 Å². The van der Waals surface area contributed by atoms with Gasteiger partial charge in [-0.1, -0.05) is 13.8 Å². The van der Waals surface area contributed by atoms with Gasteiger partial charge in [-0.25, -0.2) is 9.97 Å². The number of hydrogen-bond acceptors (Lipinski definition) is 5. The van der Waals surface area contributed by atoms with E-state index >= 15 is 0 Å². The van der Waals surface area contributed by atoms with E-state index in [4.69, 9.17) is 10.1 Å². The second-order valence-electron chi connectivity index (χ2n) is 5.58. The van der Waals surface area contributed by atoms with Gasteiger partial charge in [-0.05, 0) is 33.6 Å². The fraction of sp³-hybridized carbons (Fsp3) is 0.750. The van der Waals surface area contributed by atoms with Gasteiger partial charge in [0.2, 0.25) is 0 Å². The molecule has 0 radical (unpaired) electrons. The summed E-state index contributed by atoms with van der Waals surface area (Å²) in [6, 6.07) is 0.342. The van der Waals surface area contributed by atoms with Crippen molar-refractivity contribution in [2.24, 2.45) is 0 Å². The maximum Gasteiger partial charge on any atom is 0.137 e. The highest BCUT2D eigenvalue weighted by molar-refractivity contribution is 5.59. The fourth-order valence-electron chi connectivity index (χ4n) is 2.25. The third-order valence-electron chi connectivity index (χ3n) is 3.48. The van der Waals surface area contributed by atoms with E-state index in [9.17, 15) is 0 Å². The summed E-state index contributed by atoms with van der Waals surface area (Å²) in [6.45, 7) is 12.5. The van der Waals surface area contributed by atoms with Crippen molar-refractivity contribution in [1.29, 1.82) is 0 Å². The predicted molar refractivity (Wildman–Crippen MR) is 89.1 cm³/mol. The van der Waals surface area contributed by atoms with Gasteiger partial charge in [0.1, 0.15) is 17.5 Å². The predicted octanol–water partition coefficient (Wildman–Crippen LogP) is 2.77. The Morgan fingerprint density at radius 2 is 1.95 bits per heavy atom. The molecule has 0 aliphatic rings. The molecule has 0 atom stereocenters. The summed E-state index contributed by atoms with van der Waals surface area (Å²) < 4.78 is 0. The molecule has 1 aromatic heterocycles. The lowest BCUT2D eigenvalue weighted by Gasteiger charge is -2.30. The Labute approximate surface area is 128 Å². The number of hydrogen-bond donors (Lipinski definition) is 2. The zero-order valence-corrected chi connectivity index (χ0v) is 14.1. The Morgan fingerprint density at radius 3 is 2.48 bits per heavy atom. The van der Waals surface area contributed by atoms with Crippen LogP contribution in [0.1, 0.15) is 51.9 Å². The molecule has 120 valence electrons. The van der Waals surface area contributed by atoms with Crippen LogP contribution in [0.5, 0.6) is 0 Å². The smallest absolute Gasteiger partial charge is 0.137 e. The molecule has 0 amide bonds. The van der Waals surface area contributed by atoms with Gasteiger partial charge in [0, 0.05) is 37.7 Å². The molecular weight excluding hydrogens is 264 g/mol. The molecule has 0 bridgehead atoms. The first-order valence-corrected chi connectivity index (χ1v) is 8.03. The molecule has 21 heavy (non-hydrogen) atoms. The number of rotatable bonds is 9. The van der Waals surface area contributed by atoms with E-state index in [1.807, 2.05) is 0 Å².